The van der Waals surface area contributed by atoms with Gasteiger partial charge in [-0.05, 0) is 44.0 Å². The van der Waals surface area contributed by atoms with E-state index in [9.17, 15) is 9.59 Å². The van der Waals surface area contributed by atoms with E-state index in [1.54, 1.807) is 12.1 Å². The highest BCUT2D eigenvalue weighted by Gasteiger charge is 2.15. The lowest BCUT2D eigenvalue weighted by atomic mass is 10.00. The Labute approximate surface area is 130 Å². The molecule has 114 valence electrons. The van der Waals surface area contributed by atoms with E-state index in [0.29, 0.717) is 11.3 Å². The van der Waals surface area contributed by atoms with Crippen LogP contribution in [0.5, 0.6) is 0 Å². The molecule has 0 fully saturated rings. The third kappa shape index (κ3) is 3.95. The van der Waals surface area contributed by atoms with E-state index in [1.807, 2.05) is 51.1 Å². The van der Waals surface area contributed by atoms with Gasteiger partial charge in [-0.25, -0.2) is 4.79 Å². The number of esters is 1. The van der Waals surface area contributed by atoms with Crippen LogP contribution in [0.1, 0.15) is 27.0 Å². The molecule has 0 unspecified atom stereocenters. The lowest BCUT2D eigenvalue weighted by Crippen LogP contribution is -2.21. The van der Waals surface area contributed by atoms with E-state index in [-0.39, 0.29) is 12.5 Å². The largest absolute Gasteiger partial charge is 0.452 e. The molecule has 0 radical (unpaired) electrons. The molecule has 1 amide bonds. The molecular formula is C18H19NO3. The van der Waals surface area contributed by atoms with Crippen LogP contribution in [-0.2, 0) is 9.53 Å². The molecule has 0 aliphatic heterocycles. The zero-order valence-electron chi connectivity index (χ0n) is 13.0. The second-order valence-corrected chi connectivity index (χ2v) is 5.26. The van der Waals surface area contributed by atoms with Gasteiger partial charge in [0.05, 0.1) is 5.56 Å². The smallest absolute Gasteiger partial charge is 0.339 e. The van der Waals surface area contributed by atoms with Gasteiger partial charge in [-0.1, -0.05) is 35.9 Å². The molecule has 0 aromatic heterocycles. The summed E-state index contributed by atoms with van der Waals surface area (Å²) in [6.45, 7) is 5.39. The maximum atomic E-state index is 12.2. The number of amides is 1. The molecule has 2 aromatic rings. The fraction of sp³-hybridized carbons (Fsp3) is 0.222. The van der Waals surface area contributed by atoms with Crippen molar-refractivity contribution >= 4 is 17.6 Å². The Bertz CT molecular complexity index is 670. The Morgan fingerprint density at radius 3 is 2.18 bits per heavy atom. The van der Waals surface area contributed by atoms with E-state index >= 15 is 0 Å². The van der Waals surface area contributed by atoms with Crippen LogP contribution in [0.2, 0.25) is 0 Å². The SMILES string of the molecule is Cc1cc(C)c(C(=O)OCC(=O)Nc2ccccc2)c(C)c1. The topological polar surface area (TPSA) is 55.4 Å². The molecule has 4 nitrogen and oxygen atoms in total. The summed E-state index contributed by atoms with van der Waals surface area (Å²) in [6.07, 6.45) is 0. The number of hydrogen-bond donors (Lipinski definition) is 1. The molecule has 0 bridgehead atoms. The highest BCUT2D eigenvalue weighted by atomic mass is 16.5. The number of aryl methyl sites for hydroxylation is 3. The summed E-state index contributed by atoms with van der Waals surface area (Å²) in [7, 11) is 0. The lowest BCUT2D eigenvalue weighted by molar-refractivity contribution is -0.119. The fourth-order valence-electron chi connectivity index (χ4n) is 2.42. The summed E-state index contributed by atoms with van der Waals surface area (Å²) >= 11 is 0. The Hall–Kier alpha value is -2.62. The number of ether oxygens (including phenoxy) is 1. The molecule has 0 aliphatic carbocycles. The summed E-state index contributed by atoms with van der Waals surface area (Å²) < 4.78 is 5.11. The van der Waals surface area contributed by atoms with Crippen molar-refractivity contribution in [2.24, 2.45) is 0 Å². The van der Waals surface area contributed by atoms with Gasteiger partial charge in [0.2, 0.25) is 0 Å². The summed E-state index contributed by atoms with van der Waals surface area (Å²) in [5.74, 6) is -0.833. The van der Waals surface area contributed by atoms with Gasteiger partial charge >= 0.3 is 5.97 Å². The summed E-state index contributed by atoms with van der Waals surface area (Å²) in [5, 5.41) is 2.67. The highest BCUT2D eigenvalue weighted by Crippen LogP contribution is 2.17. The normalized spacial score (nSPS) is 10.1. The Balaban J connectivity index is 1.97. The van der Waals surface area contributed by atoms with Gasteiger partial charge in [0.25, 0.3) is 5.91 Å². The first kappa shape index (κ1) is 15.8. The first-order valence-electron chi connectivity index (χ1n) is 7.07. The number of nitrogens with one attached hydrogen (secondary N) is 1. The van der Waals surface area contributed by atoms with Crippen molar-refractivity contribution in [3.05, 3.63) is 64.7 Å². The number of carbonyl (C=O) groups excluding carboxylic acids is 2. The van der Waals surface area contributed by atoms with Gasteiger partial charge in [0, 0.05) is 5.69 Å². The van der Waals surface area contributed by atoms with Crippen LogP contribution in [0.4, 0.5) is 5.69 Å². The molecule has 0 atom stereocenters. The predicted molar refractivity (Wildman–Crippen MR) is 86.0 cm³/mol. The Morgan fingerprint density at radius 1 is 1.00 bits per heavy atom. The molecule has 2 aromatic carbocycles. The molecule has 0 saturated carbocycles. The fourth-order valence-corrected chi connectivity index (χ4v) is 2.42. The van der Waals surface area contributed by atoms with Crippen molar-refractivity contribution in [3.8, 4) is 0 Å². The second-order valence-electron chi connectivity index (χ2n) is 5.26. The van der Waals surface area contributed by atoms with E-state index in [1.165, 1.54) is 0 Å². The standard InChI is InChI=1S/C18H19NO3/c1-12-9-13(2)17(14(3)10-12)18(21)22-11-16(20)19-15-7-5-4-6-8-15/h4-10H,11H2,1-3H3,(H,19,20). The lowest BCUT2D eigenvalue weighted by Gasteiger charge is -2.11. The molecule has 0 heterocycles. The minimum absolute atomic E-state index is 0.305. The summed E-state index contributed by atoms with van der Waals surface area (Å²) in [5.41, 5.74) is 4.00. The number of anilines is 1. The van der Waals surface area contributed by atoms with Crippen LogP contribution >= 0.6 is 0 Å². The van der Waals surface area contributed by atoms with E-state index in [0.717, 1.165) is 16.7 Å². The van der Waals surface area contributed by atoms with Gasteiger partial charge in [0.15, 0.2) is 6.61 Å². The van der Waals surface area contributed by atoms with E-state index in [4.69, 9.17) is 4.74 Å². The number of rotatable bonds is 4. The van der Waals surface area contributed by atoms with Crippen LogP contribution in [0, 0.1) is 20.8 Å². The third-order valence-corrected chi connectivity index (χ3v) is 3.27. The molecule has 0 saturated heterocycles. The van der Waals surface area contributed by atoms with Gasteiger partial charge in [-0.3, -0.25) is 4.79 Å². The van der Waals surface area contributed by atoms with Crippen molar-refractivity contribution in [3.63, 3.8) is 0 Å². The maximum absolute atomic E-state index is 12.2. The van der Waals surface area contributed by atoms with E-state index < -0.39 is 5.97 Å². The van der Waals surface area contributed by atoms with Gasteiger partial charge in [0.1, 0.15) is 0 Å². The van der Waals surface area contributed by atoms with E-state index in [2.05, 4.69) is 5.32 Å². The van der Waals surface area contributed by atoms with Crippen LogP contribution < -0.4 is 5.32 Å². The van der Waals surface area contributed by atoms with Crippen molar-refractivity contribution in [1.82, 2.24) is 0 Å². The molecular weight excluding hydrogens is 278 g/mol. The molecule has 2 rings (SSSR count). The summed E-state index contributed by atoms with van der Waals surface area (Å²) in [4.78, 5) is 23.9. The van der Waals surface area contributed by atoms with Crippen molar-refractivity contribution in [2.45, 2.75) is 20.8 Å². The Morgan fingerprint density at radius 2 is 1.59 bits per heavy atom. The number of carbonyl (C=O) groups is 2. The van der Waals surface area contributed by atoms with Crippen LogP contribution in [-0.4, -0.2) is 18.5 Å². The number of benzene rings is 2. The average molecular weight is 297 g/mol. The first-order chi connectivity index (χ1) is 10.5. The zero-order valence-corrected chi connectivity index (χ0v) is 13.0. The highest BCUT2D eigenvalue weighted by molar-refractivity contribution is 5.96. The molecule has 4 heteroatoms. The number of para-hydroxylation sites is 1. The first-order valence-corrected chi connectivity index (χ1v) is 7.07. The minimum atomic E-state index is -0.474. The molecule has 1 N–H and O–H groups in total. The van der Waals surface area contributed by atoms with Gasteiger partial charge < -0.3 is 10.1 Å². The monoisotopic (exact) mass is 297 g/mol. The molecule has 0 aliphatic rings. The quantitative estimate of drug-likeness (QED) is 0.880. The van der Waals surface area contributed by atoms with Crippen molar-refractivity contribution < 1.29 is 14.3 Å². The zero-order chi connectivity index (χ0) is 16.1. The number of hydrogen-bond acceptors (Lipinski definition) is 3. The average Bonchev–Trinajstić information content (AvgIpc) is 2.45. The van der Waals surface area contributed by atoms with Crippen molar-refractivity contribution in [2.75, 3.05) is 11.9 Å². The van der Waals surface area contributed by atoms with Crippen molar-refractivity contribution in [1.29, 1.82) is 0 Å². The minimum Gasteiger partial charge on any atom is -0.452 e. The summed E-state index contributed by atoms with van der Waals surface area (Å²) in [6, 6.07) is 12.9. The predicted octanol–water partition coefficient (Wildman–Crippen LogP) is 3.41. The van der Waals surface area contributed by atoms with Gasteiger partial charge in [-0.2, -0.15) is 0 Å². The van der Waals surface area contributed by atoms with Crippen LogP contribution in [0.15, 0.2) is 42.5 Å². The van der Waals surface area contributed by atoms with Gasteiger partial charge in [-0.15, -0.1) is 0 Å². The molecule has 22 heavy (non-hydrogen) atoms. The van der Waals surface area contributed by atoms with Crippen LogP contribution in [0.25, 0.3) is 0 Å². The third-order valence-electron chi connectivity index (χ3n) is 3.27. The maximum Gasteiger partial charge on any atom is 0.339 e. The van der Waals surface area contributed by atoms with Crippen LogP contribution in [0.3, 0.4) is 0 Å². The molecule has 0 spiro atoms. The second kappa shape index (κ2) is 6.89. The Kier molecular flexibility index (Phi) is 4.94.